The molecular formula is C18H16N4O4S. The van der Waals surface area contributed by atoms with Gasteiger partial charge < -0.3 is 10.1 Å². The Hall–Kier alpha value is -3.33. The maximum absolute atomic E-state index is 11.5. The van der Waals surface area contributed by atoms with Gasteiger partial charge in [-0.2, -0.15) is 0 Å². The maximum Gasteiger partial charge on any atom is 0.338 e. The second-order valence-corrected chi connectivity index (χ2v) is 6.40. The Kier molecular flexibility index (Phi) is 5.72. The van der Waals surface area contributed by atoms with Crippen molar-refractivity contribution in [2.24, 2.45) is 0 Å². The second kappa shape index (κ2) is 8.37. The Balaban J connectivity index is 1.66. The van der Waals surface area contributed by atoms with Gasteiger partial charge >= 0.3 is 5.97 Å². The van der Waals surface area contributed by atoms with Crippen LogP contribution in [0.4, 0.5) is 11.5 Å². The molecule has 0 spiro atoms. The highest BCUT2D eigenvalue weighted by atomic mass is 32.1. The number of carbonyl (C=O) groups is 1. The van der Waals surface area contributed by atoms with Crippen molar-refractivity contribution in [1.29, 1.82) is 0 Å². The van der Waals surface area contributed by atoms with Gasteiger partial charge in [0.05, 0.1) is 17.6 Å². The summed E-state index contributed by atoms with van der Waals surface area (Å²) in [6, 6.07) is 8.11. The van der Waals surface area contributed by atoms with Crippen molar-refractivity contribution in [3.05, 3.63) is 69.3 Å². The van der Waals surface area contributed by atoms with Crippen molar-refractivity contribution in [3.63, 3.8) is 0 Å². The molecule has 0 aliphatic carbocycles. The van der Waals surface area contributed by atoms with Gasteiger partial charge in [-0.25, -0.2) is 9.78 Å². The second-order valence-electron chi connectivity index (χ2n) is 5.54. The number of nitro groups is 1. The summed E-state index contributed by atoms with van der Waals surface area (Å²) in [4.78, 5) is 30.8. The van der Waals surface area contributed by atoms with Crippen LogP contribution in [0.2, 0.25) is 0 Å². The highest BCUT2D eigenvalue weighted by Gasteiger charge is 2.17. The summed E-state index contributed by atoms with van der Waals surface area (Å²) < 4.78 is 4.60. The van der Waals surface area contributed by atoms with Crippen LogP contribution in [0.15, 0.2) is 48.1 Å². The average Bonchev–Trinajstić information content (AvgIpc) is 3.17. The van der Waals surface area contributed by atoms with Crippen LogP contribution in [0.25, 0.3) is 10.6 Å². The molecule has 0 atom stereocenters. The molecule has 27 heavy (non-hydrogen) atoms. The fourth-order valence-electron chi connectivity index (χ4n) is 2.50. The normalized spacial score (nSPS) is 10.4. The van der Waals surface area contributed by atoms with Crippen molar-refractivity contribution < 1.29 is 14.5 Å². The van der Waals surface area contributed by atoms with E-state index in [1.165, 1.54) is 30.6 Å². The van der Waals surface area contributed by atoms with Crippen LogP contribution in [-0.4, -0.2) is 34.5 Å². The molecule has 2 heterocycles. The van der Waals surface area contributed by atoms with E-state index in [4.69, 9.17) is 0 Å². The predicted molar refractivity (Wildman–Crippen MR) is 102 cm³/mol. The highest BCUT2D eigenvalue weighted by Crippen LogP contribution is 2.26. The van der Waals surface area contributed by atoms with Crippen molar-refractivity contribution in [2.45, 2.75) is 6.42 Å². The number of nitrogens with one attached hydrogen (secondary N) is 1. The van der Waals surface area contributed by atoms with Crippen LogP contribution in [-0.2, 0) is 11.2 Å². The van der Waals surface area contributed by atoms with Gasteiger partial charge in [0.2, 0.25) is 0 Å². The zero-order valence-corrected chi connectivity index (χ0v) is 15.2. The van der Waals surface area contributed by atoms with E-state index < -0.39 is 10.9 Å². The highest BCUT2D eigenvalue weighted by molar-refractivity contribution is 7.13. The van der Waals surface area contributed by atoms with Crippen LogP contribution >= 0.6 is 11.3 Å². The summed E-state index contributed by atoms with van der Waals surface area (Å²) in [5.74, 6) is 0.106. The first-order valence-electron chi connectivity index (χ1n) is 8.04. The molecule has 3 aromatic rings. The van der Waals surface area contributed by atoms with Gasteiger partial charge in [0, 0.05) is 41.5 Å². The number of carbonyl (C=O) groups excluding carboxylic acids is 1. The average molecular weight is 384 g/mol. The number of anilines is 1. The molecule has 0 bridgehead atoms. The van der Waals surface area contributed by atoms with E-state index in [1.807, 2.05) is 17.5 Å². The minimum Gasteiger partial charge on any atom is -0.465 e. The number of hydrogen-bond donors (Lipinski definition) is 1. The molecule has 1 N–H and O–H groups in total. The van der Waals surface area contributed by atoms with Crippen molar-refractivity contribution in [2.75, 3.05) is 19.0 Å². The van der Waals surface area contributed by atoms with E-state index in [0.29, 0.717) is 24.3 Å². The Morgan fingerprint density at radius 1 is 1.30 bits per heavy atom. The lowest BCUT2D eigenvalue weighted by Crippen LogP contribution is -2.08. The van der Waals surface area contributed by atoms with Crippen LogP contribution < -0.4 is 5.32 Å². The molecule has 9 heteroatoms. The summed E-state index contributed by atoms with van der Waals surface area (Å²) in [5, 5.41) is 17.2. The summed E-state index contributed by atoms with van der Waals surface area (Å²) in [7, 11) is 1.24. The van der Waals surface area contributed by atoms with Crippen molar-refractivity contribution >= 4 is 28.8 Å². The molecule has 0 amide bonds. The largest absolute Gasteiger partial charge is 0.465 e. The van der Waals surface area contributed by atoms with E-state index in [0.717, 1.165) is 10.6 Å². The SMILES string of the molecule is COC(=O)c1ccc(CCNc2csc(-c3ccncc3)n2)c([N+](=O)[O-])c1. The molecule has 0 radical (unpaired) electrons. The summed E-state index contributed by atoms with van der Waals surface area (Å²) in [5.41, 5.74) is 1.57. The number of thiazole rings is 1. The van der Waals surface area contributed by atoms with Crippen molar-refractivity contribution in [1.82, 2.24) is 9.97 Å². The summed E-state index contributed by atoms with van der Waals surface area (Å²) in [6.45, 7) is 0.470. The van der Waals surface area contributed by atoms with Crippen LogP contribution in [0.5, 0.6) is 0 Å². The van der Waals surface area contributed by atoms with E-state index in [-0.39, 0.29) is 11.3 Å². The molecule has 0 fully saturated rings. The number of methoxy groups -OCH3 is 1. The summed E-state index contributed by atoms with van der Waals surface area (Å²) >= 11 is 1.50. The van der Waals surface area contributed by atoms with E-state index in [9.17, 15) is 14.9 Å². The standard InChI is InChI=1S/C18H16N4O4S/c1-26-18(23)14-3-2-12(15(10-14)22(24)25)6-9-20-16-11-27-17(21-16)13-4-7-19-8-5-13/h2-5,7-8,10-11,20H,6,9H2,1H3. The maximum atomic E-state index is 11.5. The first-order valence-corrected chi connectivity index (χ1v) is 8.92. The molecule has 0 saturated heterocycles. The Morgan fingerprint density at radius 2 is 2.07 bits per heavy atom. The topological polar surface area (TPSA) is 107 Å². The van der Waals surface area contributed by atoms with Crippen LogP contribution in [0.1, 0.15) is 15.9 Å². The third kappa shape index (κ3) is 4.45. The number of esters is 1. The first-order chi connectivity index (χ1) is 13.1. The van der Waals surface area contributed by atoms with Gasteiger partial charge in [-0.1, -0.05) is 6.07 Å². The fourth-order valence-corrected chi connectivity index (χ4v) is 3.28. The lowest BCUT2D eigenvalue weighted by Gasteiger charge is -2.06. The lowest BCUT2D eigenvalue weighted by molar-refractivity contribution is -0.385. The van der Waals surface area contributed by atoms with E-state index in [1.54, 1.807) is 18.5 Å². The number of nitrogens with zero attached hydrogens (tertiary/aromatic N) is 3. The Morgan fingerprint density at radius 3 is 2.78 bits per heavy atom. The minimum absolute atomic E-state index is 0.101. The quantitative estimate of drug-likeness (QED) is 0.377. The zero-order valence-electron chi connectivity index (χ0n) is 14.4. The van der Waals surface area contributed by atoms with Gasteiger partial charge in [-0.3, -0.25) is 15.1 Å². The number of benzene rings is 1. The number of aromatic nitrogens is 2. The molecule has 0 unspecified atom stereocenters. The van der Waals surface area contributed by atoms with Gasteiger partial charge in [0.25, 0.3) is 5.69 Å². The summed E-state index contributed by atoms with van der Waals surface area (Å²) in [6.07, 6.45) is 3.84. The first kappa shape index (κ1) is 18.5. The monoisotopic (exact) mass is 384 g/mol. The third-order valence-electron chi connectivity index (χ3n) is 3.84. The molecular weight excluding hydrogens is 368 g/mol. The zero-order chi connectivity index (χ0) is 19.2. The minimum atomic E-state index is -0.603. The molecule has 2 aromatic heterocycles. The number of ether oxygens (including phenoxy) is 1. The number of nitro benzene ring substituents is 1. The number of rotatable bonds is 7. The Labute approximate surface area is 159 Å². The van der Waals surface area contributed by atoms with E-state index in [2.05, 4.69) is 20.0 Å². The van der Waals surface area contributed by atoms with Gasteiger partial charge in [-0.05, 0) is 24.6 Å². The van der Waals surface area contributed by atoms with Gasteiger partial charge in [0.15, 0.2) is 0 Å². The third-order valence-corrected chi connectivity index (χ3v) is 4.73. The fraction of sp³-hybridized carbons (Fsp3) is 0.167. The molecule has 1 aromatic carbocycles. The number of pyridine rings is 1. The number of hydrogen-bond acceptors (Lipinski definition) is 8. The van der Waals surface area contributed by atoms with Gasteiger partial charge in [0.1, 0.15) is 10.8 Å². The van der Waals surface area contributed by atoms with Gasteiger partial charge in [-0.15, -0.1) is 11.3 Å². The van der Waals surface area contributed by atoms with Crippen LogP contribution in [0.3, 0.4) is 0 Å². The van der Waals surface area contributed by atoms with E-state index >= 15 is 0 Å². The molecule has 3 rings (SSSR count). The Bertz CT molecular complexity index is 959. The molecule has 0 aliphatic rings. The lowest BCUT2D eigenvalue weighted by atomic mass is 10.1. The predicted octanol–water partition coefficient (Wildman–Crippen LogP) is 3.55. The molecule has 0 saturated carbocycles. The smallest absolute Gasteiger partial charge is 0.338 e. The molecule has 8 nitrogen and oxygen atoms in total. The van der Waals surface area contributed by atoms with Crippen molar-refractivity contribution in [3.8, 4) is 10.6 Å². The molecule has 0 aliphatic heterocycles. The molecule has 138 valence electrons. The van der Waals surface area contributed by atoms with Crippen LogP contribution in [0, 0.1) is 10.1 Å².